The summed E-state index contributed by atoms with van der Waals surface area (Å²) in [5.74, 6) is -0.738. The molecule has 0 radical (unpaired) electrons. The molecule has 0 aromatic carbocycles. The van der Waals surface area contributed by atoms with Crippen molar-refractivity contribution in [1.29, 1.82) is 0 Å². The topological polar surface area (TPSA) is 37.3 Å². The van der Waals surface area contributed by atoms with Gasteiger partial charge < -0.3 is 5.11 Å². The molecular weight excluding hydrogens is 176 g/mol. The minimum absolute atomic E-state index is 0.212. The zero-order chi connectivity index (χ0) is 10.8. The Labute approximate surface area is 85.6 Å². The van der Waals surface area contributed by atoms with Crippen LogP contribution in [-0.4, -0.2) is 11.1 Å². The van der Waals surface area contributed by atoms with E-state index in [2.05, 4.69) is 0 Å². The van der Waals surface area contributed by atoms with Crippen molar-refractivity contribution in [2.45, 2.75) is 33.1 Å². The molecule has 0 heterocycles. The van der Waals surface area contributed by atoms with Crippen LogP contribution in [0.5, 0.6) is 0 Å². The second kappa shape index (κ2) is 8.30. The molecule has 1 rings (SSSR count). The molecule has 0 saturated carbocycles. The van der Waals surface area contributed by atoms with E-state index in [4.69, 9.17) is 5.11 Å². The molecule has 0 spiro atoms. The van der Waals surface area contributed by atoms with Gasteiger partial charge in [-0.05, 0) is 18.4 Å². The fourth-order valence-corrected chi connectivity index (χ4v) is 1.04. The second-order valence-electron chi connectivity index (χ2n) is 2.70. The molecule has 0 aromatic heterocycles. The molecule has 0 atom stereocenters. The summed E-state index contributed by atoms with van der Waals surface area (Å²) in [4.78, 5) is 10.3. The lowest BCUT2D eigenvalue weighted by Crippen LogP contribution is -1.94. The van der Waals surface area contributed by atoms with Gasteiger partial charge in [-0.2, -0.15) is 0 Å². The smallest absolute Gasteiger partial charge is 0.303 e. The second-order valence-corrected chi connectivity index (χ2v) is 2.70. The lowest BCUT2D eigenvalue weighted by Gasteiger charge is -1.96. The SMILES string of the molecule is CC.O=C(O)CCC1=CC=CCC=C1. The number of carboxylic acid groups (broad SMARTS) is 1. The number of carbonyl (C=O) groups is 1. The van der Waals surface area contributed by atoms with Crippen LogP contribution in [0.2, 0.25) is 0 Å². The van der Waals surface area contributed by atoms with Crippen molar-refractivity contribution < 1.29 is 9.90 Å². The summed E-state index contributed by atoms with van der Waals surface area (Å²) < 4.78 is 0. The number of rotatable bonds is 3. The van der Waals surface area contributed by atoms with E-state index in [-0.39, 0.29) is 6.42 Å². The summed E-state index contributed by atoms with van der Waals surface area (Å²) in [6, 6.07) is 0. The summed E-state index contributed by atoms with van der Waals surface area (Å²) in [6.07, 6.45) is 11.8. The Kier molecular flexibility index (Phi) is 7.52. The first-order valence-corrected chi connectivity index (χ1v) is 5.03. The molecule has 1 N–H and O–H groups in total. The average Bonchev–Trinajstić information content (AvgIpc) is 2.46. The number of allylic oxidation sites excluding steroid dienone is 6. The Balaban J connectivity index is 0.000000791. The van der Waals surface area contributed by atoms with Crippen LogP contribution < -0.4 is 0 Å². The van der Waals surface area contributed by atoms with Crippen LogP contribution in [0.25, 0.3) is 0 Å². The van der Waals surface area contributed by atoms with Crippen molar-refractivity contribution in [2.24, 2.45) is 0 Å². The summed E-state index contributed by atoms with van der Waals surface area (Å²) in [5, 5.41) is 8.45. The van der Waals surface area contributed by atoms with E-state index < -0.39 is 5.97 Å². The van der Waals surface area contributed by atoms with Crippen molar-refractivity contribution in [2.75, 3.05) is 0 Å². The van der Waals surface area contributed by atoms with Crippen molar-refractivity contribution in [3.05, 3.63) is 36.0 Å². The Morgan fingerprint density at radius 2 is 2.14 bits per heavy atom. The third-order valence-corrected chi connectivity index (χ3v) is 1.68. The first-order valence-electron chi connectivity index (χ1n) is 5.03. The number of carboxylic acids is 1. The summed E-state index contributed by atoms with van der Waals surface area (Å²) in [6.45, 7) is 4.00. The van der Waals surface area contributed by atoms with E-state index in [0.29, 0.717) is 6.42 Å². The standard InChI is InChI=1S/C10H12O2.C2H6/c11-10(12)8-7-9-5-3-1-2-4-6-9;1-2/h1,3-6H,2,7-8H2,(H,11,12);1-2H3. The fraction of sp³-hybridized carbons (Fsp3) is 0.417. The fourth-order valence-electron chi connectivity index (χ4n) is 1.04. The van der Waals surface area contributed by atoms with Crippen LogP contribution in [0.4, 0.5) is 0 Å². The third kappa shape index (κ3) is 6.23. The van der Waals surface area contributed by atoms with Gasteiger partial charge in [0.1, 0.15) is 0 Å². The molecular formula is C12H18O2. The average molecular weight is 194 g/mol. The molecule has 0 amide bonds. The Morgan fingerprint density at radius 3 is 2.79 bits per heavy atom. The van der Waals surface area contributed by atoms with Gasteiger partial charge in [0, 0.05) is 6.42 Å². The van der Waals surface area contributed by atoms with Gasteiger partial charge in [0.25, 0.3) is 0 Å². The molecule has 0 saturated heterocycles. The van der Waals surface area contributed by atoms with Gasteiger partial charge in [0.05, 0.1) is 0 Å². The molecule has 1 aliphatic carbocycles. The van der Waals surface area contributed by atoms with Crippen molar-refractivity contribution >= 4 is 5.97 Å². The predicted molar refractivity (Wildman–Crippen MR) is 59.2 cm³/mol. The maximum absolute atomic E-state index is 10.3. The Hall–Kier alpha value is -1.31. The minimum Gasteiger partial charge on any atom is -0.481 e. The molecule has 2 heteroatoms. The maximum atomic E-state index is 10.3. The van der Waals surface area contributed by atoms with Gasteiger partial charge in [-0.1, -0.05) is 44.2 Å². The zero-order valence-electron chi connectivity index (χ0n) is 8.86. The highest BCUT2D eigenvalue weighted by Crippen LogP contribution is 2.10. The third-order valence-electron chi connectivity index (χ3n) is 1.68. The molecule has 0 aromatic rings. The van der Waals surface area contributed by atoms with Crippen LogP contribution in [-0.2, 0) is 4.79 Å². The van der Waals surface area contributed by atoms with Crippen LogP contribution in [0.3, 0.4) is 0 Å². The monoisotopic (exact) mass is 194 g/mol. The van der Waals surface area contributed by atoms with Crippen molar-refractivity contribution in [3.63, 3.8) is 0 Å². The van der Waals surface area contributed by atoms with Gasteiger partial charge in [-0.3, -0.25) is 4.79 Å². The molecule has 2 nitrogen and oxygen atoms in total. The minimum atomic E-state index is -0.738. The Bertz CT molecular complexity index is 247. The molecule has 0 fully saturated rings. The van der Waals surface area contributed by atoms with Gasteiger partial charge in [-0.25, -0.2) is 0 Å². The highest BCUT2D eigenvalue weighted by Gasteiger charge is 1.98. The zero-order valence-corrected chi connectivity index (χ0v) is 8.86. The molecule has 1 aliphatic rings. The van der Waals surface area contributed by atoms with Crippen LogP contribution in [0.15, 0.2) is 36.0 Å². The number of hydrogen-bond acceptors (Lipinski definition) is 1. The summed E-state index contributed by atoms with van der Waals surface area (Å²) >= 11 is 0. The number of hydrogen-bond donors (Lipinski definition) is 1. The first kappa shape index (κ1) is 12.7. The van der Waals surface area contributed by atoms with E-state index in [0.717, 1.165) is 12.0 Å². The van der Waals surface area contributed by atoms with Gasteiger partial charge in [-0.15, -0.1) is 0 Å². The molecule has 0 unspecified atom stereocenters. The van der Waals surface area contributed by atoms with E-state index >= 15 is 0 Å². The Morgan fingerprint density at radius 1 is 1.43 bits per heavy atom. The molecule has 78 valence electrons. The lowest BCUT2D eigenvalue weighted by molar-refractivity contribution is -0.136. The quantitative estimate of drug-likeness (QED) is 0.748. The van der Waals surface area contributed by atoms with Gasteiger partial charge in [0.15, 0.2) is 0 Å². The highest BCUT2D eigenvalue weighted by atomic mass is 16.4. The lowest BCUT2D eigenvalue weighted by atomic mass is 10.1. The summed E-state index contributed by atoms with van der Waals surface area (Å²) in [5.41, 5.74) is 1.09. The highest BCUT2D eigenvalue weighted by molar-refractivity contribution is 5.67. The van der Waals surface area contributed by atoms with E-state index in [1.807, 2.05) is 44.2 Å². The summed E-state index contributed by atoms with van der Waals surface area (Å²) in [7, 11) is 0. The van der Waals surface area contributed by atoms with Crippen molar-refractivity contribution in [3.8, 4) is 0 Å². The first-order chi connectivity index (χ1) is 6.79. The van der Waals surface area contributed by atoms with Crippen molar-refractivity contribution in [1.82, 2.24) is 0 Å². The van der Waals surface area contributed by atoms with Crippen LogP contribution in [0.1, 0.15) is 33.1 Å². The van der Waals surface area contributed by atoms with E-state index in [9.17, 15) is 4.79 Å². The van der Waals surface area contributed by atoms with Crippen LogP contribution in [0, 0.1) is 0 Å². The molecule has 14 heavy (non-hydrogen) atoms. The van der Waals surface area contributed by atoms with E-state index in [1.54, 1.807) is 0 Å². The number of aliphatic carboxylic acids is 1. The largest absolute Gasteiger partial charge is 0.481 e. The molecule has 0 bridgehead atoms. The van der Waals surface area contributed by atoms with Crippen LogP contribution >= 0.6 is 0 Å². The van der Waals surface area contributed by atoms with E-state index in [1.165, 1.54) is 0 Å². The van der Waals surface area contributed by atoms with Gasteiger partial charge in [0.2, 0.25) is 0 Å². The predicted octanol–water partition coefficient (Wildman–Crippen LogP) is 3.32. The van der Waals surface area contributed by atoms with Gasteiger partial charge >= 0.3 is 5.97 Å². The maximum Gasteiger partial charge on any atom is 0.303 e. The normalized spacial score (nSPS) is 13.7. The molecule has 0 aliphatic heterocycles.